The van der Waals surface area contributed by atoms with Gasteiger partial charge in [0.2, 0.25) is 11.9 Å². The highest BCUT2D eigenvalue weighted by atomic mass is 16.5. The summed E-state index contributed by atoms with van der Waals surface area (Å²) in [6.07, 6.45) is 6.09. The van der Waals surface area contributed by atoms with Gasteiger partial charge in [-0.15, -0.1) is 0 Å². The first kappa shape index (κ1) is 21.6. The highest BCUT2D eigenvalue weighted by Gasteiger charge is 2.16. The van der Waals surface area contributed by atoms with Crippen LogP contribution < -0.4 is 21.1 Å². The van der Waals surface area contributed by atoms with E-state index in [2.05, 4.69) is 25.6 Å². The van der Waals surface area contributed by atoms with Crippen molar-refractivity contribution in [1.82, 2.24) is 15.0 Å². The summed E-state index contributed by atoms with van der Waals surface area (Å²) < 4.78 is 16.4. The van der Waals surface area contributed by atoms with E-state index < -0.39 is 0 Å². The van der Waals surface area contributed by atoms with Crippen molar-refractivity contribution in [3.63, 3.8) is 0 Å². The number of nitrogens with one attached hydrogen (secondary N) is 2. The van der Waals surface area contributed by atoms with Crippen LogP contribution in [0.1, 0.15) is 46.0 Å². The van der Waals surface area contributed by atoms with Gasteiger partial charge in [0, 0.05) is 19.1 Å². The number of hydrogen-bond acceptors (Lipinski definition) is 9. The lowest BCUT2D eigenvalue weighted by atomic mass is 9.96. The number of ether oxygens (including phenoxy) is 3. The number of hydrogen-bond donors (Lipinski definition) is 3. The molecule has 1 fully saturated rings. The smallest absolute Gasteiger partial charge is 0.323 e. The van der Waals surface area contributed by atoms with E-state index in [4.69, 9.17) is 19.9 Å². The molecule has 27 heavy (non-hydrogen) atoms. The Balaban J connectivity index is 1.82. The maximum absolute atomic E-state index is 5.67. The molecule has 0 radical (unpaired) electrons. The summed E-state index contributed by atoms with van der Waals surface area (Å²) in [5.41, 5.74) is 5.36. The average molecular weight is 383 g/mol. The molecule has 4 N–H and O–H groups in total. The van der Waals surface area contributed by atoms with Crippen LogP contribution in [0.3, 0.4) is 0 Å². The lowest BCUT2D eigenvalue weighted by molar-refractivity contribution is 0.0547. The van der Waals surface area contributed by atoms with Crippen LogP contribution >= 0.6 is 0 Å². The molecule has 0 atom stereocenters. The highest BCUT2D eigenvalue weighted by molar-refractivity contribution is 5.36. The molecule has 9 nitrogen and oxygen atoms in total. The molecule has 1 heterocycles. The fourth-order valence-corrected chi connectivity index (χ4v) is 2.83. The number of aromatic nitrogens is 3. The Kier molecular flexibility index (Phi) is 10.1. The van der Waals surface area contributed by atoms with E-state index in [1.807, 2.05) is 13.8 Å². The standard InChI is InChI=1S/C18H34N6O3/c1-14(2)27-18-23-16(20-9-11-26-13-12-25-10-8-19)22-17(24-18)21-15-6-4-3-5-7-15/h14-15H,3-13,19H2,1-2H3,(H2,20,21,22,23,24). The molecule has 1 aliphatic carbocycles. The van der Waals surface area contributed by atoms with Crippen LogP contribution in [0.15, 0.2) is 0 Å². The lowest BCUT2D eigenvalue weighted by Crippen LogP contribution is -2.24. The third-order valence-electron chi connectivity index (χ3n) is 4.06. The Labute approximate surface area is 161 Å². The first-order chi connectivity index (χ1) is 13.2. The van der Waals surface area contributed by atoms with Crippen LogP contribution in [0.25, 0.3) is 0 Å². The quantitative estimate of drug-likeness (QED) is 0.439. The van der Waals surface area contributed by atoms with Crippen molar-refractivity contribution in [2.45, 2.75) is 58.1 Å². The molecular weight excluding hydrogens is 348 g/mol. The van der Waals surface area contributed by atoms with E-state index in [0.29, 0.717) is 63.5 Å². The van der Waals surface area contributed by atoms with Crippen LogP contribution in [-0.2, 0) is 9.47 Å². The van der Waals surface area contributed by atoms with Gasteiger partial charge >= 0.3 is 6.01 Å². The average Bonchev–Trinajstić information content (AvgIpc) is 2.64. The van der Waals surface area contributed by atoms with E-state index in [9.17, 15) is 0 Å². The minimum absolute atomic E-state index is 0.000338. The minimum Gasteiger partial charge on any atom is -0.461 e. The summed E-state index contributed by atoms with van der Waals surface area (Å²) in [4.78, 5) is 13.2. The van der Waals surface area contributed by atoms with Crippen LogP contribution in [0.2, 0.25) is 0 Å². The summed E-state index contributed by atoms with van der Waals surface area (Å²) >= 11 is 0. The summed E-state index contributed by atoms with van der Waals surface area (Å²) in [5, 5.41) is 6.59. The fourth-order valence-electron chi connectivity index (χ4n) is 2.83. The largest absolute Gasteiger partial charge is 0.461 e. The summed E-state index contributed by atoms with van der Waals surface area (Å²) in [6.45, 7) is 7.19. The van der Waals surface area contributed by atoms with E-state index in [0.717, 1.165) is 12.8 Å². The molecule has 0 saturated heterocycles. The van der Waals surface area contributed by atoms with Gasteiger partial charge in [0.1, 0.15) is 0 Å². The van der Waals surface area contributed by atoms with Crippen molar-refractivity contribution in [3.8, 4) is 6.01 Å². The lowest BCUT2D eigenvalue weighted by Gasteiger charge is -2.23. The minimum atomic E-state index is -0.000338. The third-order valence-corrected chi connectivity index (χ3v) is 4.06. The van der Waals surface area contributed by atoms with Crippen molar-refractivity contribution in [3.05, 3.63) is 0 Å². The van der Waals surface area contributed by atoms with Crippen LogP contribution in [-0.4, -0.2) is 66.6 Å². The molecule has 1 saturated carbocycles. The molecule has 2 rings (SSSR count). The maximum Gasteiger partial charge on any atom is 0.323 e. The summed E-state index contributed by atoms with van der Waals surface area (Å²) in [5.74, 6) is 1.05. The van der Waals surface area contributed by atoms with Crippen molar-refractivity contribution < 1.29 is 14.2 Å². The van der Waals surface area contributed by atoms with Gasteiger partial charge in [-0.1, -0.05) is 19.3 Å². The molecule has 154 valence electrons. The topological polar surface area (TPSA) is 116 Å². The number of nitrogens with two attached hydrogens (primary N) is 1. The predicted molar refractivity (Wildman–Crippen MR) is 105 cm³/mol. The van der Waals surface area contributed by atoms with Gasteiger partial charge in [-0.05, 0) is 26.7 Å². The van der Waals surface area contributed by atoms with Crippen molar-refractivity contribution >= 4 is 11.9 Å². The Morgan fingerprint density at radius 1 is 0.963 bits per heavy atom. The molecule has 9 heteroatoms. The van der Waals surface area contributed by atoms with Gasteiger partial charge in [0.15, 0.2) is 0 Å². The van der Waals surface area contributed by atoms with E-state index >= 15 is 0 Å². The predicted octanol–water partition coefficient (Wildman–Crippen LogP) is 1.81. The second-order valence-electron chi connectivity index (χ2n) is 6.85. The van der Waals surface area contributed by atoms with Crippen LogP contribution in [0, 0.1) is 0 Å². The molecule has 0 bridgehead atoms. The van der Waals surface area contributed by atoms with Gasteiger partial charge in [0.25, 0.3) is 0 Å². The zero-order valence-electron chi connectivity index (χ0n) is 16.6. The second kappa shape index (κ2) is 12.6. The summed E-state index contributed by atoms with van der Waals surface area (Å²) in [6, 6.07) is 0.745. The Hall–Kier alpha value is -1.71. The molecule has 1 aromatic heterocycles. The maximum atomic E-state index is 5.67. The highest BCUT2D eigenvalue weighted by Crippen LogP contribution is 2.21. The molecule has 0 aliphatic heterocycles. The van der Waals surface area contributed by atoms with Gasteiger partial charge in [-0.3, -0.25) is 0 Å². The monoisotopic (exact) mass is 382 g/mol. The van der Waals surface area contributed by atoms with E-state index in [-0.39, 0.29) is 6.10 Å². The van der Waals surface area contributed by atoms with Crippen molar-refractivity contribution in [2.75, 3.05) is 50.2 Å². The third kappa shape index (κ3) is 9.16. The SMILES string of the molecule is CC(C)Oc1nc(NCCOCCOCCN)nc(NC2CCCCC2)n1. The van der Waals surface area contributed by atoms with E-state index in [1.165, 1.54) is 19.3 Å². The molecule has 0 unspecified atom stereocenters. The molecule has 1 aliphatic rings. The van der Waals surface area contributed by atoms with Gasteiger partial charge < -0.3 is 30.6 Å². The van der Waals surface area contributed by atoms with E-state index in [1.54, 1.807) is 0 Å². The van der Waals surface area contributed by atoms with Gasteiger partial charge in [-0.25, -0.2) is 0 Å². The van der Waals surface area contributed by atoms with Crippen molar-refractivity contribution in [1.29, 1.82) is 0 Å². The molecule has 0 amide bonds. The second-order valence-corrected chi connectivity index (χ2v) is 6.85. The number of nitrogens with zero attached hydrogens (tertiary/aromatic N) is 3. The zero-order chi connectivity index (χ0) is 19.3. The molecular formula is C18H34N6O3. The zero-order valence-corrected chi connectivity index (χ0v) is 16.6. The molecule has 1 aromatic rings. The molecule has 0 spiro atoms. The van der Waals surface area contributed by atoms with Crippen LogP contribution in [0.4, 0.5) is 11.9 Å². The fraction of sp³-hybridized carbons (Fsp3) is 0.833. The normalized spacial score (nSPS) is 15.1. The molecule has 0 aromatic carbocycles. The van der Waals surface area contributed by atoms with Crippen LogP contribution in [0.5, 0.6) is 6.01 Å². The Bertz CT molecular complexity index is 526. The first-order valence-electron chi connectivity index (χ1n) is 9.96. The Morgan fingerprint density at radius 3 is 2.37 bits per heavy atom. The Morgan fingerprint density at radius 2 is 1.67 bits per heavy atom. The van der Waals surface area contributed by atoms with Gasteiger partial charge in [-0.2, -0.15) is 15.0 Å². The number of rotatable bonds is 13. The summed E-state index contributed by atoms with van der Waals surface area (Å²) in [7, 11) is 0. The number of anilines is 2. The van der Waals surface area contributed by atoms with Gasteiger partial charge in [0.05, 0.1) is 32.5 Å². The first-order valence-corrected chi connectivity index (χ1v) is 9.96. The van der Waals surface area contributed by atoms with Crippen molar-refractivity contribution in [2.24, 2.45) is 5.73 Å².